The average Bonchev–Trinajstić information content (AvgIpc) is 2.96. The van der Waals surface area contributed by atoms with Crippen LogP contribution < -0.4 is 5.32 Å². The van der Waals surface area contributed by atoms with Gasteiger partial charge in [-0.05, 0) is 51.0 Å². The number of imidazole rings is 1. The Hall–Kier alpha value is -1.39. The van der Waals surface area contributed by atoms with Crippen molar-refractivity contribution in [3.8, 4) is 0 Å². The number of fused-ring (bicyclic) bond motifs is 1. The fourth-order valence-electron chi connectivity index (χ4n) is 2.97. The second-order valence-electron chi connectivity index (χ2n) is 5.65. The molecule has 3 heterocycles. The van der Waals surface area contributed by atoms with E-state index >= 15 is 0 Å². The van der Waals surface area contributed by atoms with E-state index in [1.807, 2.05) is 7.05 Å². The molecule has 1 fully saturated rings. The van der Waals surface area contributed by atoms with Crippen LogP contribution in [0.1, 0.15) is 17.7 Å². The Bertz CT molecular complexity index is 560. The zero-order valence-electron chi connectivity index (χ0n) is 11.8. The zero-order chi connectivity index (χ0) is 13.2. The van der Waals surface area contributed by atoms with E-state index in [-0.39, 0.29) is 0 Å². The fraction of sp³-hybridized carbons (Fsp3) is 0.533. The van der Waals surface area contributed by atoms with Crippen LogP contribution in [-0.2, 0) is 6.54 Å². The zero-order valence-corrected chi connectivity index (χ0v) is 11.8. The van der Waals surface area contributed by atoms with E-state index in [0.717, 1.165) is 24.7 Å². The van der Waals surface area contributed by atoms with Crippen LogP contribution in [0, 0.1) is 12.8 Å². The summed E-state index contributed by atoms with van der Waals surface area (Å²) in [6, 6.07) is 4.21. The highest BCUT2D eigenvalue weighted by Gasteiger charge is 2.22. The number of rotatable bonds is 4. The Morgan fingerprint density at radius 2 is 2.26 bits per heavy atom. The van der Waals surface area contributed by atoms with Crippen LogP contribution in [0.25, 0.3) is 5.65 Å². The second kappa shape index (κ2) is 5.31. The van der Waals surface area contributed by atoms with E-state index in [4.69, 9.17) is 4.98 Å². The summed E-state index contributed by atoms with van der Waals surface area (Å²) < 4.78 is 2.13. The lowest BCUT2D eigenvalue weighted by atomic mass is 10.1. The topological polar surface area (TPSA) is 32.6 Å². The normalized spacial score (nSPS) is 20.4. The summed E-state index contributed by atoms with van der Waals surface area (Å²) in [7, 11) is 2.03. The van der Waals surface area contributed by atoms with Gasteiger partial charge in [-0.1, -0.05) is 6.07 Å². The molecule has 3 rings (SSSR count). The maximum Gasteiger partial charge on any atom is 0.137 e. The summed E-state index contributed by atoms with van der Waals surface area (Å²) in [6.45, 7) is 6.59. The molecule has 0 aromatic carbocycles. The van der Waals surface area contributed by atoms with Crippen molar-refractivity contribution in [3.05, 3.63) is 35.8 Å². The van der Waals surface area contributed by atoms with Crippen LogP contribution in [0.15, 0.2) is 24.5 Å². The average molecular weight is 258 g/mol. The molecule has 1 saturated heterocycles. The highest BCUT2D eigenvalue weighted by molar-refractivity contribution is 5.41. The summed E-state index contributed by atoms with van der Waals surface area (Å²) in [5.41, 5.74) is 3.49. The van der Waals surface area contributed by atoms with Gasteiger partial charge in [0.05, 0.1) is 5.69 Å². The van der Waals surface area contributed by atoms with Gasteiger partial charge in [-0.3, -0.25) is 4.90 Å². The predicted octanol–water partition coefficient (Wildman–Crippen LogP) is 1.68. The lowest BCUT2D eigenvalue weighted by molar-refractivity contribution is 0.312. The molecule has 0 aliphatic carbocycles. The first-order chi connectivity index (χ1) is 9.24. The maximum atomic E-state index is 4.69. The standard InChI is InChI=1S/C15H22N4/c1-12-3-4-15-17-14(11-19(15)8-12)10-18-6-5-13(9-18)7-16-2/h3-4,8,11,13,16H,5-7,9-10H2,1-2H3. The van der Waals surface area contributed by atoms with Gasteiger partial charge in [0.1, 0.15) is 5.65 Å². The van der Waals surface area contributed by atoms with Gasteiger partial charge in [0, 0.05) is 25.5 Å². The number of aryl methyl sites for hydroxylation is 1. The number of pyridine rings is 1. The highest BCUT2D eigenvalue weighted by atomic mass is 15.2. The van der Waals surface area contributed by atoms with E-state index in [9.17, 15) is 0 Å². The van der Waals surface area contributed by atoms with E-state index < -0.39 is 0 Å². The number of nitrogens with zero attached hydrogens (tertiary/aromatic N) is 3. The van der Waals surface area contributed by atoms with E-state index in [2.05, 4.69) is 46.1 Å². The molecule has 19 heavy (non-hydrogen) atoms. The van der Waals surface area contributed by atoms with Crippen molar-refractivity contribution in [2.24, 2.45) is 5.92 Å². The molecule has 2 aromatic rings. The van der Waals surface area contributed by atoms with Gasteiger partial charge in [-0.25, -0.2) is 4.98 Å². The highest BCUT2D eigenvalue weighted by Crippen LogP contribution is 2.18. The molecule has 0 spiro atoms. The van der Waals surface area contributed by atoms with Gasteiger partial charge in [0.25, 0.3) is 0 Å². The van der Waals surface area contributed by atoms with Crippen molar-refractivity contribution in [3.63, 3.8) is 0 Å². The minimum Gasteiger partial charge on any atom is -0.319 e. The number of hydrogen-bond acceptors (Lipinski definition) is 3. The van der Waals surface area contributed by atoms with Gasteiger partial charge < -0.3 is 9.72 Å². The van der Waals surface area contributed by atoms with Crippen LogP contribution in [0.2, 0.25) is 0 Å². The molecular weight excluding hydrogens is 236 g/mol. The number of likely N-dealkylation sites (tertiary alicyclic amines) is 1. The third-order valence-corrected chi connectivity index (χ3v) is 3.90. The van der Waals surface area contributed by atoms with Crippen LogP contribution in [0.4, 0.5) is 0 Å². The Labute approximate surface area is 114 Å². The molecule has 0 saturated carbocycles. The first kappa shape index (κ1) is 12.6. The van der Waals surface area contributed by atoms with Gasteiger partial charge in [-0.2, -0.15) is 0 Å². The van der Waals surface area contributed by atoms with Crippen LogP contribution in [0.3, 0.4) is 0 Å². The number of aromatic nitrogens is 2. The largest absolute Gasteiger partial charge is 0.319 e. The number of hydrogen-bond donors (Lipinski definition) is 1. The first-order valence-corrected chi connectivity index (χ1v) is 7.06. The second-order valence-corrected chi connectivity index (χ2v) is 5.65. The summed E-state index contributed by atoms with van der Waals surface area (Å²) >= 11 is 0. The van der Waals surface area contributed by atoms with Gasteiger partial charge in [0.2, 0.25) is 0 Å². The van der Waals surface area contributed by atoms with E-state index in [1.165, 1.54) is 30.8 Å². The molecule has 0 amide bonds. The molecule has 2 aromatic heterocycles. The molecule has 1 aliphatic heterocycles. The number of nitrogens with one attached hydrogen (secondary N) is 1. The molecule has 1 atom stereocenters. The van der Waals surface area contributed by atoms with Crippen molar-refractivity contribution in [1.29, 1.82) is 0 Å². The van der Waals surface area contributed by atoms with Gasteiger partial charge in [0.15, 0.2) is 0 Å². The van der Waals surface area contributed by atoms with Crippen molar-refractivity contribution < 1.29 is 0 Å². The quantitative estimate of drug-likeness (QED) is 0.905. The molecule has 4 heteroatoms. The van der Waals surface area contributed by atoms with Gasteiger partial charge >= 0.3 is 0 Å². The Balaban J connectivity index is 1.68. The minimum atomic E-state index is 0.796. The van der Waals surface area contributed by atoms with Crippen LogP contribution >= 0.6 is 0 Å². The smallest absolute Gasteiger partial charge is 0.137 e. The molecule has 1 N–H and O–H groups in total. The summed E-state index contributed by atoms with van der Waals surface area (Å²) in [5, 5.41) is 3.28. The van der Waals surface area contributed by atoms with E-state index in [0.29, 0.717) is 0 Å². The monoisotopic (exact) mass is 258 g/mol. The van der Waals surface area contributed by atoms with Crippen LogP contribution in [-0.4, -0.2) is 41.0 Å². The van der Waals surface area contributed by atoms with Crippen molar-refractivity contribution in [1.82, 2.24) is 19.6 Å². The Kier molecular flexibility index (Phi) is 3.53. The SMILES string of the molecule is CNCC1CCN(Cc2cn3cc(C)ccc3n2)C1. The third kappa shape index (κ3) is 2.80. The first-order valence-electron chi connectivity index (χ1n) is 7.06. The predicted molar refractivity (Wildman–Crippen MR) is 77.2 cm³/mol. The molecule has 0 radical (unpaired) electrons. The van der Waals surface area contributed by atoms with Gasteiger partial charge in [-0.15, -0.1) is 0 Å². The van der Waals surface area contributed by atoms with Crippen molar-refractivity contribution >= 4 is 5.65 Å². The molecule has 4 nitrogen and oxygen atoms in total. The molecule has 0 bridgehead atoms. The summed E-state index contributed by atoms with van der Waals surface area (Å²) in [6.07, 6.45) is 5.60. The maximum absolute atomic E-state index is 4.69. The molecule has 1 aliphatic rings. The lowest BCUT2D eigenvalue weighted by Gasteiger charge is -2.14. The fourth-order valence-corrected chi connectivity index (χ4v) is 2.97. The van der Waals surface area contributed by atoms with E-state index in [1.54, 1.807) is 0 Å². The van der Waals surface area contributed by atoms with Crippen LogP contribution in [0.5, 0.6) is 0 Å². The molecular formula is C15H22N4. The summed E-state index contributed by atoms with van der Waals surface area (Å²) in [4.78, 5) is 7.20. The van der Waals surface area contributed by atoms with Crippen molar-refractivity contribution in [2.75, 3.05) is 26.7 Å². The Morgan fingerprint density at radius 1 is 1.37 bits per heavy atom. The minimum absolute atomic E-state index is 0.796. The molecule has 102 valence electrons. The van der Waals surface area contributed by atoms with Crippen molar-refractivity contribution in [2.45, 2.75) is 19.9 Å². The Morgan fingerprint density at radius 3 is 3.11 bits per heavy atom. The summed E-state index contributed by atoms with van der Waals surface area (Å²) in [5.74, 6) is 0.796. The molecule has 1 unspecified atom stereocenters. The third-order valence-electron chi connectivity index (χ3n) is 3.90. The lowest BCUT2D eigenvalue weighted by Crippen LogP contribution is -2.24.